The van der Waals surface area contributed by atoms with Gasteiger partial charge >= 0.3 is 0 Å². The van der Waals surface area contributed by atoms with Crippen molar-refractivity contribution >= 4 is 11.8 Å². The molecule has 0 radical (unpaired) electrons. The van der Waals surface area contributed by atoms with E-state index in [9.17, 15) is 9.59 Å². The van der Waals surface area contributed by atoms with Gasteiger partial charge in [-0.05, 0) is 57.2 Å². The molecule has 176 valence electrons. The molecule has 4 atom stereocenters. The fourth-order valence-corrected chi connectivity index (χ4v) is 5.21. The summed E-state index contributed by atoms with van der Waals surface area (Å²) in [7, 11) is 1.80. The van der Waals surface area contributed by atoms with Crippen molar-refractivity contribution in [3.8, 4) is 0 Å². The zero-order valence-electron chi connectivity index (χ0n) is 19.7. The van der Waals surface area contributed by atoms with Crippen molar-refractivity contribution in [2.45, 2.75) is 69.2 Å². The summed E-state index contributed by atoms with van der Waals surface area (Å²) in [4.78, 5) is 28.4. The van der Waals surface area contributed by atoms with E-state index in [1.54, 1.807) is 7.05 Å². The zero-order valence-corrected chi connectivity index (χ0v) is 19.7. The van der Waals surface area contributed by atoms with Crippen molar-refractivity contribution in [1.29, 1.82) is 0 Å². The van der Waals surface area contributed by atoms with Gasteiger partial charge in [0.15, 0.2) is 0 Å². The smallest absolute Gasteiger partial charge is 0.238 e. The van der Waals surface area contributed by atoms with Crippen molar-refractivity contribution in [3.63, 3.8) is 0 Å². The van der Waals surface area contributed by atoms with E-state index in [1.807, 2.05) is 43.3 Å². The van der Waals surface area contributed by atoms with Crippen LogP contribution >= 0.6 is 0 Å². The Hall–Kier alpha value is -2.70. The lowest BCUT2D eigenvalue weighted by molar-refractivity contribution is -0.126. The highest BCUT2D eigenvalue weighted by atomic mass is 16.2. The summed E-state index contributed by atoms with van der Waals surface area (Å²) in [6.45, 7) is 2.60. The van der Waals surface area contributed by atoms with Gasteiger partial charge in [-0.25, -0.2) is 0 Å². The second kappa shape index (κ2) is 10.9. The molecule has 0 spiro atoms. The largest absolute Gasteiger partial charge is 0.351 e. The summed E-state index contributed by atoms with van der Waals surface area (Å²) in [6, 6.07) is 20.2. The zero-order chi connectivity index (χ0) is 23.2. The van der Waals surface area contributed by atoms with Gasteiger partial charge in [-0.1, -0.05) is 60.7 Å². The first-order chi connectivity index (χ1) is 16.1. The normalized spacial score (nSPS) is 24.0. The molecule has 0 unspecified atom stereocenters. The fraction of sp³-hybridized carbons (Fsp3) is 0.481. The molecule has 6 heteroatoms. The van der Waals surface area contributed by atoms with Crippen LogP contribution in [0.4, 0.5) is 0 Å². The second-order valence-corrected chi connectivity index (χ2v) is 9.35. The van der Waals surface area contributed by atoms with Gasteiger partial charge in [0.1, 0.15) is 0 Å². The first kappa shape index (κ1) is 23.5. The molecule has 2 heterocycles. The molecule has 2 aromatic carbocycles. The number of amides is 2. The van der Waals surface area contributed by atoms with Crippen LogP contribution in [0.2, 0.25) is 0 Å². The number of fused-ring (bicyclic) bond motifs is 1. The highest BCUT2D eigenvalue weighted by molar-refractivity contribution is 5.83. The number of likely N-dealkylation sites (N-methyl/N-ethyl adjacent to an activating group) is 1. The minimum Gasteiger partial charge on any atom is -0.351 e. The Balaban J connectivity index is 1.49. The molecule has 6 nitrogen and oxygen atoms in total. The quantitative estimate of drug-likeness (QED) is 0.609. The van der Waals surface area contributed by atoms with E-state index in [0.717, 1.165) is 49.8 Å². The standard InChI is InChI=1S/C27H36N4O2/c1-19(28-2)26(32)29-22-14-9-15-23-16-17-24(31(23)18-22)27(33)30-25(20-10-5-3-6-11-20)21-12-7-4-8-13-21/h3-8,10-13,19,22-25,28H,9,14-18H2,1-2H3,(H,29,32)(H,30,33)/t19-,22-,23-,24-/m0/s1. The summed E-state index contributed by atoms with van der Waals surface area (Å²) in [5.74, 6) is 0.0974. The Morgan fingerprint density at radius 1 is 0.909 bits per heavy atom. The molecule has 0 bridgehead atoms. The van der Waals surface area contributed by atoms with E-state index in [2.05, 4.69) is 45.1 Å². The van der Waals surface area contributed by atoms with Crippen molar-refractivity contribution in [3.05, 3.63) is 71.8 Å². The monoisotopic (exact) mass is 448 g/mol. The maximum atomic E-state index is 13.6. The Labute approximate surface area is 197 Å². The van der Waals surface area contributed by atoms with Crippen molar-refractivity contribution in [1.82, 2.24) is 20.9 Å². The molecule has 0 aromatic heterocycles. The molecule has 2 aliphatic heterocycles. The van der Waals surface area contributed by atoms with Gasteiger partial charge in [-0.3, -0.25) is 14.5 Å². The number of hydrogen-bond acceptors (Lipinski definition) is 4. The van der Waals surface area contributed by atoms with Gasteiger partial charge in [0.05, 0.1) is 18.1 Å². The van der Waals surface area contributed by atoms with Crippen LogP contribution in [0.1, 0.15) is 56.2 Å². The molecule has 3 N–H and O–H groups in total. The lowest BCUT2D eigenvalue weighted by atomic mass is 9.98. The Bertz CT molecular complexity index is 881. The third-order valence-electron chi connectivity index (χ3n) is 7.19. The molecule has 0 aliphatic carbocycles. The molecule has 2 aromatic rings. The Morgan fingerprint density at radius 3 is 2.15 bits per heavy atom. The van der Waals surface area contributed by atoms with Crippen LogP contribution in [-0.2, 0) is 9.59 Å². The average Bonchev–Trinajstić information content (AvgIpc) is 3.14. The van der Waals surface area contributed by atoms with E-state index in [4.69, 9.17) is 0 Å². The lowest BCUT2D eigenvalue weighted by Crippen LogP contribution is -2.53. The van der Waals surface area contributed by atoms with Gasteiger partial charge in [0.2, 0.25) is 11.8 Å². The molecule has 2 aliphatic rings. The maximum Gasteiger partial charge on any atom is 0.238 e. The van der Waals surface area contributed by atoms with E-state index in [-0.39, 0.29) is 36.0 Å². The summed E-state index contributed by atoms with van der Waals surface area (Å²) in [5, 5.41) is 9.56. The number of nitrogens with one attached hydrogen (secondary N) is 3. The number of nitrogens with zero attached hydrogens (tertiary/aromatic N) is 1. The van der Waals surface area contributed by atoms with E-state index in [1.165, 1.54) is 0 Å². The Kier molecular flexibility index (Phi) is 7.78. The number of rotatable bonds is 7. The first-order valence-corrected chi connectivity index (χ1v) is 12.2. The van der Waals surface area contributed by atoms with E-state index < -0.39 is 0 Å². The number of carbonyl (C=O) groups is 2. The van der Waals surface area contributed by atoms with Gasteiger partial charge in [-0.15, -0.1) is 0 Å². The number of hydrogen-bond donors (Lipinski definition) is 3. The van der Waals surface area contributed by atoms with Gasteiger partial charge in [-0.2, -0.15) is 0 Å². The molecule has 2 fully saturated rings. The topological polar surface area (TPSA) is 73.5 Å². The fourth-order valence-electron chi connectivity index (χ4n) is 5.21. The number of carbonyl (C=O) groups excluding carboxylic acids is 2. The molecule has 33 heavy (non-hydrogen) atoms. The summed E-state index contributed by atoms with van der Waals surface area (Å²) < 4.78 is 0. The van der Waals surface area contributed by atoms with Crippen molar-refractivity contribution < 1.29 is 9.59 Å². The summed E-state index contributed by atoms with van der Waals surface area (Å²) >= 11 is 0. The molecule has 2 saturated heterocycles. The van der Waals surface area contributed by atoms with Crippen LogP contribution in [0.25, 0.3) is 0 Å². The highest BCUT2D eigenvalue weighted by Gasteiger charge is 2.41. The van der Waals surface area contributed by atoms with Gasteiger partial charge in [0, 0.05) is 18.6 Å². The van der Waals surface area contributed by atoms with Crippen LogP contribution in [-0.4, -0.2) is 54.5 Å². The lowest BCUT2D eigenvalue weighted by Gasteiger charge is -2.32. The minimum absolute atomic E-state index is 0.0226. The first-order valence-electron chi connectivity index (χ1n) is 12.2. The molecule has 4 rings (SSSR count). The van der Waals surface area contributed by atoms with E-state index in [0.29, 0.717) is 6.04 Å². The highest BCUT2D eigenvalue weighted by Crippen LogP contribution is 2.32. The van der Waals surface area contributed by atoms with Gasteiger partial charge < -0.3 is 16.0 Å². The van der Waals surface area contributed by atoms with E-state index >= 15 is 0 Å². The second-order valence-electron chi connectivity index (χ2n) is 9.35. The minimum atomic E-state index is -0.223. The van der Waals surface area contributed by atoms with Crippen LogP contribution in [0.15, 0.2) is 60.7 Å². The van der Waals surface area contributed by atoms with Crippen LogP contribution in [0.3, 0.4) is 0 Å². The molecular weight excluding hydrogens is 412 g/mol. The average molecular weight is 449 g/mol. The summed E-state index contributed by atoms with van der Waals surface area (Å²) in [5.41, 5.74) is 2.15. The third kappa shape index (κ3) is 5.63. The van der Waals surface area contributed by atoms with Crippen molar-refractivity contribution in [2.24, 2.45) is 0 Å². The maximum absolute atomic E-state index is 13.6. The van der Waals surface area contributed by atoms with Gasteiger partial charge in [0.25, 0.3) is 0 Å². The molecule has 0 saturated carbocycles. The SMILES string of the molecule is CN[C@@H](C)C(=O)N[C@H]1CCC[C@H]2CC[C@@H](C(=O)NC(c3ccccc3)c3ccccc3)N2C1. The third-order valence-corrected chi connectivity index (χ3v) is 7.19. The predicted octanol–water partition coefficient (Wildman–Crippen LogP) is 3.00. The Morgan fingerprint density at radius 2 is 1.55 bits per heavy atom. The molecular formula is C27H36N4O2. The van der Waals surface area contributed by atoms with Crippen molar-refractivity contribution in [2.75, 3.05) is 13.6 Å². The summed E-state index contributed by atoms with van der Waals surface area (Å²) in [6.07, 6.45) is 5.01. The number of benzene rings is 2. The van der Waals surface area contributed by atoms with Crippen LogP contribution in [0.5, 0.6) is 0 Å². The van der Waals surface area contributed by atoms with Crippen LogP contribution in [0, 0.1) is 0 Å². The predicted molar refractivity (Wildman–Crippen MR) is 131 cm³/mol. The molecule has 2 amide bonds. The van der Waals surface area contributed by atoms with Crippen LogP contribution < -0.4 is 16.0 Å².